The zero-order chi connectivity index (χ0) is 17.4. The number of ketones is 2. The van der Waals surface area contributed by atoms with Crippen molar-refractivity contribution in [2.45, 2.75) is 59.1 Å². The molecule has 1 atom stereocenters. The van der Waals surface area contributed by atoms with Crippen molar-refractivity contribution in [2.24, 2.45) is 0 Å². The highest BCUT2D eigenvalue weighted by Crippen LogP contribution is 2.42. The highest BCUT2D eigenvalue weighted by atomic mass is 16.5. The van der Waals surface area contributed by atoms with E-state index in [1.165, 1.54) is 18.7 Å². The average molecular weight is 317 g/mol. The van der Waals surface area contributed by atoms with E-state index in [1.54, 1.807) is 25.1 Å². The molecule has 0 radical (unpaired) electrons. The van der Waals surface area contributed by atoms with Crippen molar-refractivity contribution in [3.8, 4) is 5.75 Å². The van der Waals surface area contributed by atoms with E-state index in [1.807, 2.05) is 13.8 Å². The molecule has 5 nitrogen and oxygen atoms in total. The Morgan fingerprint density at radius 2 is 1.83 bits per heavy atom. The molecule has 0 aliphatic carbocycles. The molecule has 124 valence electrons. The van der Waals surface area contributed by atoms with Gasteiger partial charge in [-0.25, -0.2) is 0 Å². The minimum atomic E-state index is -0.964. The predicted molar refractivity (Wildman–Crippen MR) is 88.0 cm³/mol. The fourth-order valence-electron chi connectivity index (χ4n) is 2.86. The number of carbonyl (C=O) groups excluding carboxylic acids is 3. The van der Waals surface area contributed by atoms with Crippen molar-refractivity contribution in [3.63, 3.8) is 0 Å². The highest BCUT2D eigenvalue weighted by Gasteiger charge is 2.47. The Hall–Kier alpha value is -2.17. The van der Waals surface area contributed by atoms with Crippen LogP contribution in [0.15, 0.2) is 18.2 Å². The molecule has 0 N–H and O–H groups in total. The number of nitrogens with zero attached hydrogens (tertiary/aromatic N) is 1. The zero-order valence-corrected chi connectivity index (χ0v) is 14.3. The number of hydrogen-bond donors (Lipinski definition) is 0. The number of fused-ring (bicyclic) bond motifs is 1. The molecule has 1 aromatic rings. The van der Waals surface area contributed by atoms with E-state index in [9.17, 15) is 14.4 Å². The van der Waals surface area contributed by atoms with E-state index in [-0.39, 0.29) is 17.5 Å². The van der Waals surface area contributed by atoms with Crippen molar-refractivity contribution in [1.82, 2.24) is 0 Å². The molecule has 0 bridgehead atoms. The number of carbonyl (C=O) groups is 3. The van der Waals surface area contributed by atoms with Crippen LogP contribution < -0.4 is 9.64 Å². The van der Waals surface area contributed by atoms with Gasteiger partial charge in [-0.05, 0) is 51.8 Å². The van der Waals surface area contributed by atoms with Crippen LogP contribution in [0.1, 0.15) is 57.8 Å². The Labute approximate surface area is 136 Å². The maximum Gasteiger partial charge on any atom is 0.271 e. The van der Waals surface area contributed by atoms with Crippen LogP contribution in [0.5, 0.6) is 5.75 Å². The summed E-state index contributed by atoms with van der Waals surface area (Å²) in [5.41, 5.74) is 0.0124. The van der Waals surface area contributed by atoms with E-state index in [2.05, 4.69) is 0 Å². The van der Waals surface area contributed by atoms with Crippen molar-refractivity contribution in [2.75, 3.05) is 4.90 Å². The van der Waals surface area contributed by atoms with Gasteiger partial charge in [0, 0.05) is 5.56 Å². The summed E-state index contributed by atoms with van der Waals surface area (Å²) in [7, 11) is 0. The summed E-state index contributed by atoms with van der Waals surface area (Å²) in [6.45, 7) is 8.42. The summed E-state index contributed by atoms with van der Waals surface area (Å²) in [6.07, 6.45) is 1.02. The number of hydrogen-bond acceptors (Lipinski definition) is 4. The standard InChI is InChI=1S/C18H23NO4/c1-6-18(7-2)17(22)19(11(3)12(4)20)15-10-14(13(5)21)8-9-16(15)23-18/h8-11H,6-7H2,1-5H3. The Bertz CT molecular complexity index is 661. The van der Waals surface area contributed by atoms with E-state index < -0.39 is 11.6 Å². The zero-order valence-electron chi connectivity index (χ0n) is 14.3. The second kappa shape index (κ2) is 6.14. The third-order valence-electron chi connectivity index (χ3n) is 4.66. The number of rotatable bonds is 5. The molecule has 1 unspecified atom stereocenters. The fourth-order valence-corrected chi connectivity index (χ4v) is 2.86. The van der Waals surface area contributed by atoms with Gasteiger partial charge in [0.25, 0.3) is 5.91 Å². The molecule has 0 saturated heterocycles. The lowest BCUT2D eigenvalue weighted by atomic mass is 9.91. The molecule has 1 aliphatic rings. The fraction of sp³-hybridized carbons (Fsp3) is 0.500. The Kier molecular flexibility index (Phi) is 4.59. The molecule has 5 heteroatoms. The second-order valence-electron chi connectivity index (χ2n) is 6.00. The number of benzene rings is 1. The Balaban J connectivity index is 2.67. The van der Waals surface area contributed by atoms with E-state index in [4.69, 9.17) is 4.74 Å². The molecular weight excluding hydrogens is 294 g/mol. The third-order valence-corrected chi connectivity index (χ3v) is 4.66. The minimum Gasteiger partial charge on any atom is -0.475 e. The van der Waals surface area contributed by atoms with Crippen molar-refractivity contribution in [1.29, 1.82) is 0 Å². The number of ether oxygens (including phenoxy) is 1. The number of Topliss-reactive ketones (excluding diaryl/α,β-unsaturated/α-hetero) is 2. The number of amides is 1. The molecule has 1 aromatic carbocycles. The maximum absolute atomic E-state index is 13.1. The van der Waals surface area contributed by atoms with Crippen molar-refractivity contribution >= 4 is 23.2 Å². The topological polar surface area (TPSA) is 63.7 Å². The predicted octanol–water partition coefficient (Wildman–Crippen LogP) is 3.15. The largest absolute Gasteiger partial charge is 0.475 e. The summed E-state index contributed by atoms with van der Waals surface area (Å²) in [6, 6.07) is 4.41. The minimum absolute atomic E-state index is 0.0986. The SMILES string of the molecule is CCC1(CC)Oc2ccc(C(C)=O)cc2N(C(C)C(C)=O)C1=O. The van der Waals surface area contributed by atoms with Crippen molar-refractivity contribution < 1.29 is 19.1 Å². The molecule has 0 fully saturated rings. The molecular formula is C18H23NO4. The van der Waals surface area contributed by atoms with Crippen molar-refractivity contribution in [3.05, 3.63) is 23.8 Å². The molecule has 1 heterocycles. The Morgan fingerprint density at radius 3 is 2.30 bits per heavy atom. The summed E-state index contributed by atoms with van der Waals surface area (Å²) in [4.78, 5) is 38.1. The van der Waals surface area contributed by atoms with Gasteiger partial charge in [-0.2, -0.15) is 0 Å². The van der Waals surface area contributed by atoms with Gasteiger partial charge in [0.1, 0.15) is 5.75 Å². The molecule has 1 amide bonds. The van der Waals surface area contributed by atoms with Gasteiger partial charge in [-0.1, -0.05) is 13.8 Å². The van der Waals surface area contributed by atoms with Gasteiger partial charge in [0.2, 0.25) is 0 Å². The van der Waals surface area contributed by atoms with E-state index in [0.29, 0.717) is 29.8 Å². The first-order chi connectivity index (χ1) is 10.8. The average Bonchev–Trinajstić information content (AvgIpc) is 2.53. The maximum atomic E-state index is 13.1. The Morgan fingerprint density at radius 1 is 1.22 bits per heavy atom. The lowest BCUT2D eigenvalue weighted by Crippen LogP contribution is -2.59. The van der Waals surface area contributed by atoms with Crippen LogP contribution in [0, 0.1) is 0 Å². The van der Waals surface area contributed by atoms with Crippen LogP contribution in [-0.4, -0.2) is 29.1 Å². The lowest BCUT2D eigenvalue weighted by Gasteiger charge is -2.43. The second-order valence-corrected chi connectivity index (χ2v) is 6.00. The summed E-state index contributed by atoms with van der Waals surface area (Å²) in [5, 5.41) is 0. The van der Waals surface area contributed by atoms with Crippen LogP contribution in [-0.2, 0) is 9.59 Å². The van der Waals surface area contributed by atoms with Gasteiger partial charge in [-0.3, -0.25) is 19.3 Å². The molecule has 0 saturated carbocycles. The van der Waals surface area contributed by atoms with Crippen LogP contribution in [0.25, 0.3) is 0 Å². The first-order valence-corrected chi connectivity index (χ1v) is 7.95. The molecule has 0 spiro atoms. The molecule has 1 aliphatic heterocycles. The quantitative estimate of drug-likeness (QED) is 0.783. The monoisotopic (exact) mass is 317 g/mol. The van der Waals surface area contributed by atoms with Gasteiger partial charge in [-0.15, -0.1) is 0 Å². The van der Waals surface area contributed by atoms with E-state index >= 15 is 0 Å². The molecule has 0 aromatic heterocycles. The molecule has 2 rings (SSSR count). The molecule has 23 heavy (non-hydrogen) atoms. The lowest BCUT2D eigenvalue weighted by molar-refractivity contribution is -0.138. The van der Waals surface area contributed by atoms with Gasteiger partial charge >= 0.3 is 0 Å². The third kappa shape index (κ3) is 2.76. The smallest absolute Gasteiger partial charge is 0.271 e. The van der Waals surface area contributed by atoms with Gasteiger partial charge < -0.3 is 4.74 Å². The summed E-state index contributed by atoms with van der Waals surface area (Å²) >= 11 is 0. The van der Waals surface area contributed by atoms with Crippen LogP contribution in [0.4, 0.5) is 5.69 Å². The van der Waals surface area contributed by atoms with Gasteiger partial charge in [0.05, 0.1) is 11.7 Å². The highest BCUT2D eigenvalue weighted by molar-refractivity contribution is 6.08. The first-order valence-electron chi connectivity index (χ1n) is 7.95. The van der Waals surface area contributed by atoms with Crippen LogP contribution in [0.2, 0.25) is 0 Å². The summed E-state index contributed by atoms with van der Waals surface area (Å²) < 4.78 is 6.01. The van der Waals surface area contributed by atoms with Crippen LogP contribution in [0.3, 0.4) is 0 Å². The van der Waals surface area contributed by atoms with Gasteiger partial charge in [0.15, 0.2) is 17.2 Å². The van der Waals surface area contributed by atoms with Crippen LogP contribution >= 0.6 is 0 Å². The number of anilines is 1. The summed E-state index contributed by atoms with van der Waals surface area (Å²) in [5.74, 6) is 0.101. The first kappa shape index (κ1) is 17.2. The normalized spacial score (nSPS) is 17.3. The van der Waals surface area contributed by atoms with E-state index in [0.717, 1.165) is 0 Å².